The largest absolute Gasteiger partial charge is 0.494 e. The fraction of sp³-hybridized carbons (Fsp3) is 0.0588. The molecule has 0 saturated carbocycles. The van der Waals surface area contributed by atoms with Gasteiger partial charge >= 0.3 is 0 Å². The molecule has 1 aromatic heterocycles. The lowest BCUT2D eigenvalue weighted by Crippen LogP contribution is -2.11. The van der Waals surface area contributed by atoms with Crippen LogP contribution >= 0.6 is 0 Å². The van der Waals surface area contributed by atoms with Crippen molar-refractivity contribution in [2.45, 2.75) is 0 Å². The highest BCUT2D eigenvalue weighted by Crippen LogP contribution is 2.29. The average molecular weight is 310 g/mol. The van der Waals surface area contributed by atoms with Crippen molar-refractivity contribution < 1.29 is 18.7 Å². The van der Waals surface area contributed by atoms with E-state index in [1.54, 1.807) is 30.3 Å². The predicted molar refractivity (Wildman–Crippen MR) is 86.8 cm³/mol. The van der Waals surface area contributed by atoms with Crippen LogP contribution in [0.2, 0.25) is 0 Å². The molecule has 3 rings (SSSR count). The summed E-state index contributed by atoms with van der Waals surface area (Å²) in [7, 11) is 1.48. The van der Waals surface area contributed by atoms with Gasteiger partial charge in [0.2, 0.25) is 6.41 Å². The second-order valence-corrected chi connectivity index (χ2v) is 4.78. The highest BCUT2D eigenvalue weighted by atomic mass is 16.5. The zero-order valence-corrected chi connectivity index (χ0v) is 12.3. The number of hydrogen-bond acceptors (Lipinski definition) is 4. The van der Waals surface area contributed by atoms with Gasteiger partial charge in [-0.3, -0.25) is 9.59 Å². The number of carbonyl (C=O) groups excluding carboxylic acids is 2. The van der Waals surface area contributed by atoms with Crippen molar-refractivity contribution in [3.8, 4) is 5.75 Å². The summed E-state index contributed by atoms with van der Waals surface area (Å²) in [6.07, 6.45) is 0.571. The summed E-state index contributed by atoms with van der Waals surface area (Å²) in [5.41, 5.74) is 1.70. The lowest BCUT2D eigenvalue weighted by atomic mass is 10.2. The quantitative estimate of drug-likeness (QED) is 0.709. The molecule has 1 heterocycles. The van der Waals surface area contributed by atoms with Crippen LogP contribution < -0.4 is 15.4 Å². The molecule has 0 radical (unpaired) electrons. The molecule has 0 fully saturated rings. The molecule has 2 N–H and O–H groups in total. The number of nitrogens with one attached hydrogen (secondary N) is 2. The average Bonchev–Trinajstić information content (AvgIpc) is 3.00. The Hall–Kier alpha value is -3.28. The van der Waals surface area contributed by atoms with Crippen LogP contribution in [-0.4, -0.2) is 19.4 Å². The first-order valence-corrected chi connectivity index (χ1v) is 6.89. The Balaban J connectivity index is 1.85. The molecular formula is C17H14N2O4. The number of anilines is 2. The molecule has 3 aromatic rings. The number of methoxy groups -OCH3 is 1. The van der Waals surface area contributed by atoms with Gasteiger partial charge < -0.3 is 19.8 Å². The summed E-state index contributed by atoms with van der Waals surface area (Å²) in [6, 6.07) is 14.0. The van der Waals surface area contributed by atoms with Gasteiger partial charge in [-0.05, 0) is 24.3 Å². The molecule has 23 heavy (non-hydrogen) atoms. The summed E-state index contributed by atoms with van der Waals surface area (Å²) >= 11 is 0. The molecule has 0 saturated heterocycles. The van der Waals surface area contributed by atoms with Crippen LogP contribution in [0.5, 0.6) is 5.75 Å². The molecule has 0 spiro atoms. The van der Waals surface area contributed by atoms with E-state index in [0.717, 1.165) is 5.39 Å². The van der Waals surface area contributed by atoms with Crippen LogP contribution in [0.15, 0.2) is 52.9 Å². The summed E-state index contributed by atoms with van der Waals surface area (Å²) in [5, 5.41) is 6.11. The van der Waals surface area contributed by atoms with E-state index in [0.29, 0.717) is 29.1 Å². The van der Waals surface area contributed by atoms with Crippen LogP contribution in [-0.2, 0) is 4.79 Å². The Labute approximate surface area is 132 Å². The van der Waals surface area contributed by atoms with Crippen molar-refractivity contribution in [3.63, 3.8) is 0 Å². The van der Waals surface area contributed by atoms with Crippen molar-refractivity contribution in [3.05, 3.63) is 54.3 Å². The number of fused-ring (bicyclic) bond motifs is 1. The Bertz CT molecular complexity index is 837. The van der Waals surface area contributed by atoms with Gasteiger partial charge in [0.15, 0.2) is 5.76 Å². The van der Waals surface area contributed by atoms with E-state index in [2.05, 4.69) is 10.6 Å². The number of benzene rings is 2. The van der Waals surface area contributed by atoms with Crippen LogP contribution in [0.1, 0.15) is 10.6 Å². The zero-order chi connectivity index (χ0) is 16.2. The zero-order valence-electron chi connectivity index (χ0n) is 12.3. The normalized spacial score (nSPS) is 10.3. The molecule has 0 atom stereocenters. The third-order valence-corrected chi connectivity index (χ3v) is 3.32. The van der Waals surface area contributed by atoms with E-state index in [1.807, 2.05) is 18.2 Å². The lowest BCUT2D eigenvalue weighted by Gasteiger charge is -2.10. The molecule has 2 amide bonds. The van der Waals surface area contributed by atoms with E-state index in [4.69, 9.17) is 9.15 Å². The Morgan fingerprint density at radius 2 is 2.00 bits per heavy atom. The molecule has 116 valence electrons. The third-order valence-electron chi connectivity index (χ3n) is 3.32. The Morgan fingerprint density at radius 1 is 1.17 bits per heavy atom. The minimum Gasteiger partial charge on any atom is -0.494 e. The molecule has 0 aliphatic rings. The van der Waals surface area contributed by atoms with Gasteiger partial charge in [-0.25, -0.2) is 0 Å². The number of rotatable bonds is 5. The first-order valence-electron chi connectivity index (χ1n) is 6.89. The van der Waals surface area contributed by atoms with Crippen molar-refractivity contribution >= 4 is 34.7 Å². The SMILES string of the molecule is COc1cc(NC=O)ccc1NC(=O)c1cc2ccccc2o1. The fourth-order valence-corrected chi connectivity index (χ4v) is 2.23. The number of hydrogen-bond donors (Lipinski definition) is 2. The monoisotopic (exact) mass is 310 g/mol. The van der Waals surface area contributed by atoms with E-state index in [9.17, 15) is 9.59 Å². The molecule has 2 aromatic carbocycles. The molecule has 6 heteroatoms. The van der Waals surface area contributed by atoms with Crippen LogP contribution in [0.4, 0.5) is 11.4 Å². The number of para-hydroxylation sites is 1. The number of ether oxygens (including phenoxy) is 1. The van der Waals surface area contributed by atoms with Crippen molar-refractivity contribution in [2.75, 3.05) is 17.7 Å². The smallest absolute Gasteiger partial charge is 0.291 e. The fourth-order valence-electron chi connectivity index (χ4n) is 2.23. The van der Waals surface area contributed by atoms with Gasteiger partial charge in [0.25, 0.3) is 5.91 Å². The highest BCUT2D eigenvalue weighted by molar-refractivity contribution is 6.05. The van der Waals surface area contributed by atoms with Crippen LogP contribution in [0, 0.1) is 0 Å². The number of amides is 2. The maximum Gasteiger partial charge on any atom is 0.291 e. The van der Waals surface area contributed by atoms with E-state index in [-0.39, 0.29) is 11.7 Å². The molecular weight excluding hydrogens is 296 g/mol. The Morgan fingerprint density at radius 3 is 2.74 bits per heavy atom. The number of furan rings is 1. The minimum absolute atomic E-state index is 0.211. The molecule has 6 nitrogen and oxygen atoms in total. The minimum atomic E-state index is -0.379. The Kier molecular flexibility index (Phi) is 3.97. The van der Waals surface area contributed by atoms with Gasteiger partial charge in [-0.15, -0.1) is 0 Å². The third kappa shape index (κ3) is 3.01. The lowest BCUT2D eigenvalue weighted by molar-refractivity contribution is -0.105. The second-order valence-electron chi connectivity index (χ2n) is 4.78. The van der Waals surface area contributed by atoms with Gasteiger partial charge in [0, 0.05) is 17.1 Å². The molecule has 0 bridgehead atoms. The second kappa shape index (κ2) is 6.23. The molecule has 0 aliphatic heterocycles. The van der Waals surface area contributed by atoms with Crippen LogP contribution in [0.25, 0.3) is 11.0 Å². The first-order chi connectivity index (χ1) is 11.2. The first kappa shape index (κ1) is 14.6. The summed E-state index contributed by atoms with van der Waals surface area (Å²) < 4.78 is 10.8. The van der Waals surface area contributed by atoms with E-state index in [1.165, 1.54) is 7.11 Å². The standard InChI is InChI=1S/C17H14N2O4/c1-22-15-9-12(18-10-20)6-7-13(15)19-17(21)16-8-11-4-2-3-5-14(11)23-16/h2-10H,1H3,(H,18,20)(H,19,21). The van der Waals surface area contributed by atoms with Gasteiger partial charge in [0.05, 0.1) is 12.8 Å². The van der Waals surface area contributed by atoms with Crippen molar-refractivity contribution in [2.24, 2.45) is 0 Å². The highest BCUT2D eigenvalue weighted by Gasteiger charge is 2.14. The van der Waals surface area contributed by atoms with E-state index >= 15 is 0 Å². The van der Waals surface area contributed by atoms with Gasteiger partial charge in [-0.1, -0.05) is 18.2 Å². The topological polar surface area (TPSA) is 80.6 Å². The van der Waals surface area contributed by atoms with Crippen molar-refractivity contribution in [1.82, 2.24) is 0 Å². The van der Waals surface area contributed by atoms with Crippen LogP contribution in [0.3, 0.4) is 0 Å². The molecule has 0 unspecified atom stereocenters. The summed E-state index contributed by atoms with van der Waals surface area (Å²) in [4.78, 5) is 22.8. The molecule has 0 aliphatic carbocycles. The summed E-state index contributed by atoms with van der Waals surface area (Å²) in [5.74, 6) is 0.264. The maximum absolute atomic E-state index is 12.3. The van der Waals surface area contributed by atoms with Crippen molar-refractivity contribution in [1.29, 1.82) is 0 Å². The summed E-state index contributed by atoms with van der Waals surface area (Å²) in [6.45, 7) is 0. The predicted octanol–water partition coefficient (Wildman–Crippen LogP) is 3.26. The number of carbonyl (C=O) groups is 2. The van der Waals surface area contributed by atoms with E-state index < -0.39 is 0 Å². The maximum atomic E-state index is 12.3. The van der Waals surface area contributed by atoms with Gasteiger partial charge in [0.1, 0.15) is 11.3 Å². The van der Waals surface area contributed by atoms with Gasteiger partial charge in [-0.2, -0.15) is 0 Å².